The molecule has 2 aromatic carbocycles. The lowest BCUT2D eigenvalue weighted by Crippen LogP contribution is -2.36. The number of hydrogen-bond acceptors (Lipinski definition) is 4. The summed E-state index contributed by atoms with van der Waals surface area (Å²) in [4.78, 5) is 38.9. The van der Waals surface area contributed by atoms with Gasteiger partial charge in [-0.25, -0.2) is 0 Å². The van der Waals surface area contributed by atoms with Gasteiger partial charge in [0.05, 0.1) is 13.1 Å². The quantitative estimate of drug-likeness (QED) is 0.621. The van der Waals surface area contributed by atoms with Crippen LogP contribution in [0.4, 0.5) is 11.4 Å². The fraction of sp³-hybridized carbons (Fsp3) is 0.400. The van der Waals surface area contributed by atoms with Gasteiger partial charge in [-0.05, 0) is 75.4 Å². The van der Waals surface area contributed by atoms with Crippen LogP contribution in [0.25, 0.3) is 0 Å². The van der Waals surface area contributed by atoms with Crippen molar-refractivity contribution >= 4 is 29.1 Å². The van der Waals surface area contributed by atoms with Gasteiger partial charge in [0, 0.05) is 30.0 Å². The Labute approximate surface area is 189 Å². The van der Waals surface area contributed by atoms with Crippen LogP contribution in [0.15, 0.2) is 30.3 Å². The molecule has 1 aliphatic rings. The number of nitrogens with one attached hydrogen (secondary N) is 3. The van der Waals surface area contributed by atoms with Crippen LogP contribution in [-0.4, -0.2) is 48.8 Å². The Morgan fingerprint density at radius 2 is 1.50 bits per heavy atom. The van der Waals surface area contributed by atoms with E-state index in [1.165, 1.54) is 0 Å². The molecule has 32 heavy (non-hydrogen) atoms. The standard InChI is InChI=1S/C25H32N4O3/c1-16-11-18(3)24(19(4)12-16)28-23(31)15-27-22(30)14-26-21-8-7-20(13-17(21)2)25(32)29-9-5-6-10-29/h7-8,11-13,26H,5-6,9-10,14-15H2,1-4H3,(H,27,30)(H,28,31). The first kappa shape index (κ1) is 23.3. The highest BCUT2D eigenvalue weighted by Crippen LogP contribution is 2.22. The molecule has 3 amide bonds. The van der Waals surface area contributed by atoms with Crippen molar-refractivity contribution in [2.45, 2.75) is 40.5 Å². The van der Waals surface area contributed by atoms with Crippen molar-refractivity contribution in [3.05, 3.63) is 58.1 Å². The normalized spacial score (nSPS) is 13.1. The average molecular weight is 437 g/mol. The molecule has 3 rings (SSSR count). The molecule has 1 aliphatic heterocycles. The van der Waals surface area contributed by atoms with Crippen molar-refractivity contribution in [3.63, 3.8) is 0 Å². The second-order valence-corrected chi connectivity index (χ2v) is 8.48. The minimum absolute atomic E-state index is 0.0378. The van der Waals surface area contributed by atoms with Crippen molar-refractivity contribution in [1.82, 2.24) is 10.2 Å². The fourth-order valence-electron chi connectivity index (χ4n) is 4.08. The highest BCUT2D eigenvalue weighted by molar-refractivity contribution is 5.97. The lowest BCUT2D eigenvalue weighted by atomic mass is 10.1. The number of anilines is 2. The number of likely N-dealkylation sites (tertiary alicyclic amines) is 1. The second-order valence-electron chi connectivity index (χ2n) is 8.48. The van der Waals surface area contributed by atoms with E-state index in [1.54, 1.807) is 6.07 Å². The van der Waals surface area contributed by atoms with Crippen LogP contribution in [0.2, 0.25) is 0 Å². The molecule has 0 spiro atoms. The predicted octanol–water partition coefficient (Wildman–Crippen LogP) is 3.32. The lowest BCUT2D eigenvalue weighted by molar-refractivity contribution is -0.122. The summed E-state index contributed by atoms with van der Waals surface area (Å²) in [5.74, 6) is -0.497. The molecule has 1 fully saturated rings. The Morgan fingerprint density at radius 1 is 0.844 bits per heavy atom. The van der Waals surface area contributed by atoms with Gasteiger partial charge in [0.1, 0.15) is 0 Å². The van der Waals surface area contributed by atoms with Crippen LogP contribution in [0.5, 0.6) is 0 Å². The van der Waals surface area contributed by atoms with Crippen molar-refractivity contribution in [1.29, 1.82) is 0 Å². The molecule has 1 saturated heterocycles. The number of carbonyl (C=O) groups is 3. The minimum atomic E-state index is -0.283. The first-order valence-corrected chi connectivity index (χ1v) is 11.0. The van der Waals surface area contributed by atoms with Crippen LogP contribution in [-0.2, 0) is 9.59 Å². The van der Waals surface area contributed by atoms with Crippen molar-refractivity contribution in [2.24, 2.45) is 0 Å². The van der Waals surface area contributed by atoms with E-state index < -0.39 is 0 Å². The molecule has 3 N–H and O–H groups in total. The van der Waals surface area contributed by atoms with Gasteiger partial charge in [0.2, 0.25) is 11.8 Å². The van der Waals surface area contributed by atoms with E-state index in [4.69, 9.17) is 0 Å². The van der Waals surface area contributed by atoms with Gasteiger partial charge >= 0.3 is 0 Å². The molecular weight excluding hydrogens is 404 g/mol. The molecule has 7 heteroatoms. The number of hydrogen-bond donors (Lipinski definition) is 3. The van der Waals surface area contributed by atoms with E-state index in [1.807, 2.05) is 56.9 Å². The van der Waals surface area contributed by atoms with Gasteiger partial charge < -0.3 is 20.9 Å². The maximum absolute atomic E-state index is 12.5. The highest BCUT2D eigenvalue weighted by atomic mass is 16.2. The van der Waals surface area contributed by atoms with Crippen molar-refractivity contribution in [3.8, 4) is 0 Å². The van der Waals surface area contributed by atoms with E-state index in [9.17, 15) is 14.4 Å². The Kier molecular flexibility index (Phi) is 7.51. The number of amides is 3. The molecule has 0 aromatic heterocycles. The summed E-state index contributed by atoms with van der Waals surface area (Å²) >= 11 is 0. The van der Waals surface area contributed by atoms with Crippen molar-refractivity contribution in [2.75, 3.05) is 36.8 Å². The predicted molar refractivity (Wildman–Crippen MR) is 127 cm³/mol. The third-order valence-corrected chi connectivity index (χ3v) is 5.69. The summed E-state index contributed by atoms with van der Waals surface area (Å²) in [5, 5.41) is 8.59. The second kappa shape index (κ2) is 10.3. The number of benzene rings is 2. The smallest absolute Gasteiger partial charge is 0.253 e. The molecule has 0 saturated carbocycles. The Balaban J connectivity index is 1.47. The van der Waals surface area contributed by atoms with E-state index in [-0.39, 0.29) is 30.8 Å². The topological polar surface area (TPSA) is 90.5 Å². The third kappa shape index (κ3) is 5.87. The zero-order chi connectivity index (χ0) is 23.3. The number of rotatable bonds is 7. The van der Waals surface area contributed by atoms with Gasteiger partial charge in [-0.15, -0.1) is 0 Å². The van der Waals surface area contributed by atoms with Crippen LogP contribution in [0.3, 0.4) is 0 Å². The van der Waals surface area contributed by atoms with E-state index in [0.717, 1.165) is 59.6 Å². The van der Waals surface area contributed by atoms with E-state index in [0.29, 0.717) is 5.56 Å². The summed E-state index contributed by atoms with van der Waals surface area (Å²) in [5.41, 5.74) is 6.25. The SMILES string of the molecule is Cc1cc(C)c(NC(=O)CNC(=O)CNc2ccc(C(=O)N3CCCC3)cc2C)c(C)c1. The van der Waals surface area contributed by atoms with Crippen LogP contribution < -0.4 is 16.0 Å². The lowest BCUT2D eigenvalue weighted by Gasteiger charge is -2.17. The summed E-state index contributed by atoms with van der Waals surface area (Å²) in [6, 6.07) is 9.48. The van der Waals surface area contributed by atoms with Gasteiger partial charge in [0.15, 0.2) is 0 Å². The Hall–Kier alpha value is -3.35. The fourth-order valence-corrected chi connectivity index (χ4v) is 4.08. The maximum Gasteiger partial charge on any atom is 0.253 e. The minimum Gasteiger partial charge on any atom is -0.376 e. The third-order valence-electron chi connectivity index (χ3n) is 5.69. The number of nitrogens with zero attached hydrogens (tertiary/aromatic N) is 1. The largest absolute Gasteiger partial charge is 0.376 e. The first-order chi connectivity index (χ1) is 15.2. The first-order valence-electron chi connectivity index (χ1n) is 11.0. The van der Waals surface area contributed by atoms with Crippen LogP contribution >= 0.6 is 0 Å². The molecule has 170 valence electrons. The number of aryl methyl sites for hydroxylation is 4. The molecule has 7 nitrogen and oxygen atoms in total. The maximum atomic E-state index is 12.5. The number of carbonyl (C=O) groups excluding carboxylic acids is 3. The molecule has 2 aromatic rings. The monoisotopic (exact) mass is 436 g/mol. The Bertz CT molecular complexity index is 1000. The zero-order valence-electron chi connectivity index (χ0n) is 19.3. The molecule has 0 bridgehead atoms. The van der Waals surface area contributed by atoms with Crippen LogP contribution in [0.1, 0.15) is 45.5 Å². The Morgan fingerprint density at radius 3 is 2.12 bits per heavy atom. The molecule has 1 heterocycles. The van der Waals surface area contributed by atoms with Gasteiger partial charge in [-0.1, -0.05) is 17.7 Å². The average Bonchev–Trinajstić information content (AvgIpc) is 3.28. The van der Waals surface area contributed by atoms with Gasteiger partial charge in [0.25, 0.3) is 5.91 Å². The zero-order valence-corrected chi connectivity index (χ0v) is 19.3. The summed E-state index contributed by atoms with van der Waals surface area (Å²) in [6.45, 7) is 9.38. The molecule has 0 atom stereocenters. The van der Waals surface area contributed by atoms with E-state index in [2.05, 4.69) is 16.0 Å². The van der Waals surface area contributed by atoms with Gasteiger partial charge in [-0.2, -0.15) is 0 Å². The van der Waals surface area contributed by atoms with Gasteiger partial charge in [-0.3, -0.25) is 14.4 Å². The van der Waals surface area contributed by atoms with Crippen molar-refractivity contribution < 1.29 is 14.4 Å². The molecule has 0 unspecified atom stereocenters. The van der Waals surface area contributed by atoms with E-state index >= 15 is 0 Å². The molecule has 0 aliphatic carbocycles. The van der Waals surface area contributed by atoms with Crippen LogP contribution in [0, 0.1) is 27.7 Å². The summed E-state index contributed by atoms with van der Waals surface area (Å²) in [7, 11) is 0. The molecule has 0 radical (unpaired) electrons. The molecular formula is C25H32N4O3. The summed E-state index contributed by atoms with van der Waals surface area (Å²) < 4.78 is 0. The summed E-state index contributed by atoms with van der Waals surface area (Å²) in [6.07, 6.45) is 2.11. The highest BCUT2D eigenvalue weighted by Gasteiger charge is 2.20.